The van der Waals surface area contributed by atoms with E-state index in [1.54, 1.807) is 6.08 Å². The van der Waals surface area contributed by atoms with Crippen molar-refractivity contribution in [1.29, 1.82) is 0 Å². The third kappa shape index (κ3) is 4.47. The van der Waals surface area contributed by atoms with Gasteiger partial charge in [-0.15, -0.1) is 0 Å². The Morgan fingerprint density at radius 2 is 1.47 bits per heavy atom. The fraction of sp³-hybridized carbons (Fsp3) is 0.353. The number of hydrogen-bond donors (Lipinski definition) is 0. The lowest BCUT2D eigenvalue weighted by atomic mass is 9.69. The van der Waals surface area contributed by atoms with Crippen molar-refractivity contribution in [3.8, 4) is 0 Å². The molecule has 4 nitrogen and oxygen atoms in total. The van der Waals surface area contributed by atoms with Crippen molar-refractivity contribution in [2.75, 3.05) is 0 Å². The Bertz CT molecular complexity index is 1510. The topological polar surface area (TPSA) is 52.6 Å². The first-order valence-corrected chi connectivity index (χ1v) is 13.8. The summed E-state index contributed by atoms with van der Waals surface area (Å²) < 4.78 is 12.5. The average Bonchev–Trinajstić information content (AvgIpc) is 3.54. The van der Waals surface area contributed by atoms with Gasteiger partial charge in [0.25, 0.3) is 0 Å². The second-order valence-electron chi connectivity index (χ2n) is 11.1. The quantitative estimate of drug-likeness (QED) is 0.425. The molecule has 0 N–H and O–H groups in total. The Balaban J connectivity index is 1.31. The zero-order valence-corrected chi connectivity index (χ0v) is 21.8. The van der Waals surface area contributed by atoms with Crippen molar-refractivity contribution in [3.05, 3.63) is 94.9 Å². The van der Waals surface area contributed by atoms with Gasteiger partial charge in [-0.3, -0.25) is 0 Å². The van der Waals surface area contributed by atoms with Gasteiger partial charge in [0.05, 0.1) is 11.1 Å². The zero-order valence-electron chi connectivity index (χ0n) is 21.8. The molecule has 2 bridgehead atoms. The van der Waals surface area contributed by atoms with Crippen LogP contribution in [0.25, 0.3) is 22.9 Å². The molecule has 3 aliphatic carbocycles. The Morgan fingerprint density at radius 3 is 2.21 bits per heavy atom. The Labute approximate surface area is 223 Å². The molecule has 0 amide bonds. The minimum absolute atomic E-state index is 0.352. The number of rotatable bonds is 5. The maximum Gasteiger partial charge on any atom is 0.339 e. The highest BCUT2D eigenvalue weighted by atomic mass is 16.6. The summed E-state index contributed by atoms with van der Waals surface area (Å²) in [6.07, 6.45) is 7.97. The highest BCUT2D eigenvalue weighted by molar-refractivity contribution is 6.13. The van der Waals surface area contributed by atoms with Crippen LogP contribution in [0.1, 0.15) is 49.4 Å². The van der Waals surface area contributed by atoms with E-state index in [9.17, 15) is 9.59 Å². The van der Waals surface area contributed by atoms with Crippen LogP contribution < -0.4 is 10.4 Å². The molecule has 0 saturated heterocycles. The largest absolute Gasteiger partial charge is 0.455 e. The Hall–Kier alpha value is -3.66. The fourth-order valence-electron chi connectivity index (χ4n) is 7.38. The minimum atomic E-state index is -0.473. The molecule has 6 atom stereocenters. The summed E-state index contributed by atoms with van der Waals surface area (Å²) in [5.41, 5.74) is 1.03. The van der Waals surface area contributed by atoms with Gasteiger partial charge < -0.3 is 9.47 Å². The van der Waals surface area contributed by atoms with Crippen LogP contribution in [0.2, 0.25) is 0 Å². The normalized spacial score (nSPS) is 28.8. The lowest BCUT2D eigenvalue weighted by Gasteiger charge is -2.42. The number of esters is 2. The van der Waals surface area contributed by atoms with Crippen molar-refractivity contribution >= 4 is 34.9 Å². The van der Waals surface area contributed by atoms with Gasteiger partial charge >= 0.3 is 11.9 Å². The number of ether oxygens (including phenoxy) is 2. The van der Waals surface area contributed by atoms with Crippen LogP contribution in [-0.4, -0.2) is 24.1 Å². The molecule has 6 rings (SSSR count). The predicted molar refractivity (Wildman–Crippen MR) is 150 cm³/mol. The summed E-state index contributed by atoms with van der Waals surface area (Å²) in [4.78, 5) is 27.1. The second kappa shape index (κ2) is 10.2. The van der Waals surface area contributed by atoms with Gasteiger partial charge in [-0.2, -0.15) is 0 Å². The smallest absolute Gasteiger partial charge is 0.339 e. The molecule has 38 heavy (non-hydrogen) atoms. The maximum absolute atomic E-state index is 13.6. The summed E-state index contributed by atoms with van der Waals surface area (Å²) in [5, 5.41) is 3.40. The predicted octanol–water partition coefficient (Wildman–Crippen LogP) is 5.57. The highest BCUT2D eigenvalue weighted by Gasteiger charge is 2.53. The van der Waals surface area contributed by atoms with Crippen molar-refractivity contribution in [1.82, 2.24) is 0 Å². The van der Waals surface area contributed by atoms with E-state index in [-0.39, 0.29) is 5.97 Å². The molecule has 3 aromatic carbocycles. The summed E-state index contributed by atoms with van der Waals surface area (Å²) in [5.74, 6) is 1.72. The van der Waals surface area contributed by atoms with Crippen LogP contribution in [0.3, 0.4) is 0 Å². The SMILES string of the molecule is C=c1cccc/c1=C(/C=C\C)C(=O)OC1CC2C3CCC(C3)C2CC1OC(=O)c1cccc2ccccc12. The standard InChI is InChI=1S/C34H34O4/c1-3-9-27(25-13-6-4-10-21(25)2)33(35)37-31-19-29-23-16-17-24(18-23)30(29)20-32(31)38-34(36)28-15-8-12-22-11-5-7-14-26(22)28/h3-15,23-24,29-32H,2,16-20H2,1H3/b9-3-,27-25+. The van der Waals surface area contributed by atoms with Crippen LogP contribution in [-0.2, 0) is 14.3 Å². The number of fused-ring (bicyclic) bond motifs is 6. The monoisotopic (exact) mass is 506 g/mol. The summed E-state index contributed by atoms with van der Waals surface area (Å²) >= 11 is 0. The Kier molecular flexibility index (Phi) is 6.65. The molecule has 4 heteroatoms. The molecule has 6 unspecified atom stereocenters. The van der Waals surface area contributed by atoms with Crippen molar-refractivity contribution in [3.63, 3.8) is 0 Å². The highest BCUT2D eigenvalue weighted by Crippen LogP contribution is 2.58. The van der Waals surface area contributed by atoms with E-state index < -0.39 is 18.2 Å². The Morgan fingerprint density at radius 1 is 0.816 bits per heavy atom. The molecule has 3 aromatic rings. The van der Waals surface area contributed by atoms with E-state index >= 15 is 0 Å². The van der Waals surface area contributed by atoms with E-state index in [1.165, 1.54) is 19.3 Å². The average molecular weight is 507 g/mol. The van der Waals surface area contributed by atoms with Crippen molar-refractivity contribution in [2.45, 2.75) is 51.2 Å². The van der Waals surface area contributed by atoms with Gasteiger partial charge in [0, 0.05) is 0 Å². The first-order valence-electron chi connectivity index (χ1n) is 13.8. The van der Waals surface area contributed by atoms with E-state index in [1.807, 2.05) is 79.7 Å². The molecular formula is C34H34O4. The molecule has 194 valence electrons. The van der Waals surface area contributed by atoms with Crippen molar-refractivity contribution < 1.29 is 19.1 Å². The van der Waals surface area contributed by atoms with E-state index in [2.05, 4.69) is 6.58 Å². The van der Waals surface area contributed by atoms with Crippen LogP contribution >= 0.6 is 0 Å². The first-order chi connectivity index (χ1) is 18.5. The van der Waals surface area contributed by atoms with Gasteiger partial charge in [-0.1, -0.05) is 79.4 Å². The zero-order chi connectivity index (χ0) is 26.2. The maximum atomic E-state index is 13.6. The first kappa shape index (κ1) is 24.7. The third-order valence-corrected chi connectivity index (χ3v) is 9.09. The van der Waals surface area contributed by atoms with Gasteiger partial charge in [-0.05, 0) is 90.0 Å². The van der Waals surface area contributed by atoms with Gasteiger partial charge in [0.1, 0.15) is 12.2 Å². The number of carbonyl (C=O) groups excluding carboxylic acids is 2. The molecule has 0 aliphatic heterocycles. The van der Waals surface area contributed by atoms with E-state index in [4.69, 9.17) is 9.47 Å². The lowest BCUT2D eigenvalue weighted by Crippen LogP contribution is -2.46. The number of benzene rings is 3. The van der Waals surface area contributed by atoms with Gasteiger partial charge in [0.15, 0.2) is 0 Å². The molecule has 3 saturated carbocycles. The van der Waals surface area contributed by atoms with Crippen LogP contribution in [0, 0.1) is 23.7 Å². The van der Waals surface area contributed by atoms with Gasteiger partial charge in [-0.25, -0.2) is 9.59 Å². The van der Waals surface area contributed by atoms with Gasteiger partial charge in [0.2, 0.25) is 0 Å². The fourth-order valence-corrected chi connectivity index (χ4v) is 7.38. The molecule has 3 fully saturated rings. The summed E-state index contributed by atoms with van der Waals surface area (Å²) in [7, 11) is 0. The molecule has 0 radical (unpaired) electrons. The number of allylic oxidation sites excluding steroid dienone is 1. The number of hydrogen-bond acceptors (Lipinski definition) is 4. The molecule has 0 heterocycles. The van der Waals surface area contributed by atoms with E-state index in [0.717, 1.165) is 34.1 Å². The minimum Gasteiger partial charge on any atom is -0.455 e. The van der Waals surface area contributed by atoms with Crippen molar-refractivity contribution in [2.24, 2.45) is 23.7 Å². The molecule has 3 aliphatic rings. The van der Waals surface area contributed by atoms with Crippen LogP contribution in [0.4, 0.5) is 0 Å². The second-order valence-corrected chi connectivity index (χ2v) is 11.1. The summed E-state index contributed by atoms with van der Waals surface area (Å²) in [6, 6.07) is 21.1. The third-order valence-electron chi connectivity index (χ3n) is 9.09. The molecule has 0 aromatic heterocycles. The van der Waals surface area contributed by atoms with E-state index in [0.29, 0.717) is 34.8 Å². The number of carbonyl (C=O) groups is 2. The van der Waals surface area contributed by atoms with Crippen LogP contribution in [0.15, 0.2) is 78.9 Å². The summed E-state index contributed by atoms with van der Waals surface area (Å²) in [6.45, 7) is 5.99. The molecular weight excluding hydrogens is 472 g/mol. The van der Waals surface area contributed by atoms with Crippen LogP contribution in [0.5, 0.6) is 0 Å². The molecule has 0 spiro atoms. The lowest BCUT2D eigenvalue weighted by molar-refractivity contribution is -0.156.